The lowest BCUT2D eigenvalue weighted by Crippen LogP contribution is -2.22. The highest BCUT2D eigenvalue weighted by atomic mass is 35.5. The number of nitrogens with zero attached hydrogens (tertiary/aromatic N) is 2. The van der Waals surface area contributed by atoms with Crippen LogP contribution in [0.2, 0.25) is 5.02 Å². The number of aromatic nitrogens is 2. The van der Waals surface area contributed by atoms with Crippen molar-refractivity contribution in [3.8, 4) is 0 Å². The lowest BCUT2D eigenvalue weighted by molar-refractivity contribution is 0.717. The molecule has 1 aromatic carbocycles. The second-order valence-electron chi connectivity index (χ2n) is 4.43. The molecule has 0 radical (unpaired) electrons. The smallest absolute Gasteiger partial charge is 0.188 e. The summed E-state index contributed by atoms with van der Waals surface area (Å²) in [7, 11) is 0. The molecular formula is C14H16ClN3S. The number of rotatable bonds is 4. The highest BCUT2D eigenvalue weighted by Gasteiger charge is 2.19. The van der Waals surface area contributed by atoms with Gasteiger partial charge in [0.05, 0.1) is 5.25 Å². The van der Waals surface area contributed by atoms with E-state index in [0.29, 0.717) is 0 Å². The second kappa shape index (κ2) is 6.37. The van der Waals surface area contributed by atoms with Crippen LogP contribution in [0.1, 0.15) is 23.4 Å². The van der Waals surface area contributed by atoms with Gasteiger partial charge in [0.15, 0.2) is 5.16 Å². The van der Waals surface area contributed by atoms with Crippen molar-refractivity contribution in [2.75, 3.05) is 0 Å². The summed E-state index contributed by atoms with van der Waals surface area (Å²) in [5.74, 6) is 0. The Kier molecular flexibility index (Phi) is 4.80. The summed E-state index contributed by atoms with van der Waals surface area (Å²) in [6.07, 6.45) is 1.77. The molecule has 100 valence electrons. The highest BCUT2D eigenvalue weighted by Crippen LogP contribution is 2.35. The molecular weight excluding hydrogens is 278 g/mol. The Hall–Kier alpha value is -1.10. The van der Waals surface area contributed by atoms with E-state index < -0.39 is 0 Å². The van der Waals surface area contributed by atoms with Crippen molar-refractivity contribution in [2.45, 2.75) is 30.3 Å². The van der Waals surface area contributed by atoms with E-state index in [-0.39, 0.29) is 11.3 Å². The number of aryl methyl sites for hydroxylation is 1. The van der Waals surface area contributed by atoms with Crippen molar-refractivity contribution in [3.63, 3.8) is 0 Å². The van der Waals surface area contributed by atoms with Gasteiger partial charge < -0.3 is 5.73 Å². The number of thioether (sulfide) groups is 1. The van der Waals surface area contributed by atoms with E-state index >= 15 is 0 Å². The minimum Gasteiger partial charge on any atom is -0.327 e. The third-order valence-electron chi connectivity index (χ3n) is 2.68. The van der Waals surface area contributed by atoms with Crippen LogP contribution in [-0.4, -0.2) is 16.0 Å². The monoisotopic (exact) mass is 293 g/mol. The molecule has 0 bridgehead atoms. The summed E-state index contributed by atoms with van der Waals surface area (Å²) in [6.45, 7) is 3.94. The van der Waals surface area contributed by atoms with E-state index in [0.717, 1.165) is 21.4 Å². The summed E-state index contributed by atoms with van der Waals surface area (Å²) in [5, 5.41) is 1.58. The van der Waals surface area contributed by atoms with Crippen LogP contribution >= 0.6 is 23.4 Å². The summed E-state index contributed by atoms with van der Waals surface area (Å²) in [6, 6.07) is 9.63. The minimum absolute atomic E-state index is 0.00436. The summed E-state index contributed by atoms with van der Waals surface area (Å²) >= 11 is 7.49. The molecule has 19 heavy (non-hydrogen) atoms. The Morgan fingerprint density at radius 2 is 1.89 bits per heavy atom. The molecule has 2 aromatic rings. The van der Waals surface area contributed by atoms with E-state index in [1.54, 1.807) is 18.0 Å². The average Bonchev–Trinajstić information content (AvgIpc) is 2.37. The third-order valence-corrected chi connectivity index (χ3v) is 4.30. The molecule has 0 fully saturated rings. The fourth-order valence-corrected chi connectivity index (χ4v) is 2.91. The molecule has 0 aliphatic heterocycles. The van der Waals surface area contributed by atoms with Gasteiger partial charge in [-0.15, -0.1) is 0 Å². The van der Waals surface area contributed by atoms with Crippen molar-refractivity contribution in [2.24, 2.45) is 5.73 Å². The molecule has 0 saturated carbocycles. The quantitative estimate of drug-likeness (QED) is 0.691. The third kappa shape index (κ3) is 3.93. The van der Waals surface area contributed by atoms with Crippen LogP contribution in [0.5, 0.6) is 0 Å². The molecule has 0 aliphatic rings. The zero-order valence-corrected chi connectivity index (χ0v) is 12.4. The molecule has 2 rings (SSSR count). The van der Waals surface area contributed by atoms with Crippen LogP contribution in [0.25, 0.3) is 0 Å². The van der Waals surface area contributed by atoms with E-state index in [4.69, 9.17) is 17.3 Å². The molecule has 1 heterocycles. The Labute approximate surface area is 122 Å². The molecule has 2 atom stereocenters. The van der Waals surface area contributed by atoms with Crippen molar-refractivity contribution in [3.05, 3.63) is 52.8 Å². The van der Waals surface area contributed by atoms with Crippen LogP contribution in [0.4, 0.5) is 0 Å². The zero-order valence-electron chi connectivity index (χ0n) is 10.9. The Morgan fingerprint density at radius 3 is 2.47 bits per heavy atom. The maximum absolute atomic E-state index is 6.08. The first-order valence-electron chi connectivity index (χ1n) is 6.03. The number of benzene rings is 1. The molecule has 1 aromatic heterocycles. The number of hydrogen-bond donors (Lipinski definition) is 1. The van der Waals surface area contributed by atoms with Crippen LogP contribution in [0, 0.1) is 6.92 Å². The van der Waals surface area contributed by atoms with Gasteiger partial charge in [0.2, 0.25) is 0 Å². The van der Waals surface area contributed by atoms with Crippen molar-refractivity contribution in [1.82, 2.24) is 9.97 Å². The van der Waals surface area contributed by atoms with Gasteiger partial charge in [-0.3, -0.25) is 0 Å². The first kappa shape index (κ1) is 14.3. The second-order valence-corrected chi connectivity index (χ2v) is 5.97. The number of hydrogen-bond acceptors (Lipinski definition) is 4. The normalized spacial score (nSPS) is 14.1. The predicted octanol–water partition coefficient (Wildman–Crippen LogP) is 3.62. The topological polar surface area (TPSA) is 51.8 Å². The maximum atomic E-state index is 6.08. The van der Waals surface area contributed by atoms with Gasteiger partial charge in [0, 0.05) is 23.0 Å². The first-order valence-corrected chi connectivity index (χ1v) is 7.29. The molecule has 2 unspecified atom stereocenters. The van der Waals surface area contributed by atoms with Crippen molar-refractivity contribution < 1.29 is 0 Å². The molecule has 2 N–H and O–H groups in total. The predicted molar refractivity (Wildman–Crippen MR) is 80.5 cm³/mol. The van der Waals surface area contributed by atoms with E-state index in [2.05, 4.69) is 9.97 Å². The largest absolute Gasteiger partial charge is 0.327 e. The Morgan fingerprint density at radius 1 is 1.21 bits per heavy atom. The number of nitrogens with two attached hydrogens (primary N) is 1. The minimum atomic E-state index is -0.00436. The highest BCUT2D eigenvalue weighted by molar-refractivity contribution is 7.99. The standard InChI is InChI=1S/C14H16ClN3S/c1-9-7-8-17-14(18-9)19-13(10(2)16)11-3-5-12(15)6-4-11/h3-8,10,13H,16H2,1-2H3. The molecule has 0 saturated heterocycles. The van der Waals surface area contributed by atoms with Crippen LogP contribution < -0.4 is 5.73 Å². The van der Waals surface area contributed by atoms with Crippen LogP contribution in [-0.2, 0) is 0 Å². The molecule has 0 spiro atoms. The molecule has 3 nitrogen and oxygen atoms in total. The van der Waals surface area contributed by atoms with Gasteiger partial charge in [-0.05, 0) is 37.6 Å². The molecule has 0 amide bonds. The lowest BCUT2D eigenvalue weighted by Gasteiger charge is -2.20. The SMILES string of the molecule is Cc1ccnc(SC(c2ccc(Cl)cc2)C(C)N)n1. The fraction of sp³-hybridized carbons (Fsp3) is 0.286. The van der Waals surface area contributed by atoms with Gasteiger partial charge in [-0.1, -0.05) is 35.5 Å². The number of halogens is 1. The summed E-state index contributed by atoms with van der Waals surface area (Å²) in [4.78, 5) is 8.68. The molecule has 5 heteroatoms. The van der Waals surface area contributed by atoms with Crippen LogP contribution in [0.15, 0.2) is 41.7 Å². The lowest BCUT2D eigenvalue weighted by atomic mass is 10.1. The van der Waals surface area contributed by atoms with Crippen molar-refractivity contribution in [1.29, 1.82) is 0 Å². The van der Waals surface area contributed by atoms with Crippen molar-refractivity contribution >= 4 is 23.4 Å². The maximum Gasteiger partial charge on any atom is 0.188 e. The van der Waals surface area contributed by atoms with E-state index in [1.807, 2.05) is 44.2 Å². The van der Waals surface area contributed by atoms with Crippen LogP contribution in [0.3, 0.4) is 0 Å². The Balaban J connectivity index is 2.23. The fourth-order valence-electron chi connectivity index (χ4n) is 1.73. The Bertz CT molecular complexity index is 543. The average molecular weight is 294 g/mol. The van der Waals surface area contributed by atoms with E-state index in [9.17, 15) is 0 Å². The zero-order chi connectivity index (χ0) is 13.8. The van der Waals surface area contributed by atoms with Gasteiger partial charge in [0.25, 0.3) is 0 Å². The van der Waals surface area contributed by atoms with Gasteiger partial charge >= 0.3 is 0 Å². The van der Waals surface area contributed by atoms with Gasteiger partial charge in [-0.2, -0.15) is 0 Å². The van der Waals surface area contributed by atoms with Gasteiger partial charge in [-0.25, -0.2) is 9.97 Å². The summed E-state index contributed by atoms with van der Waals surface area (Å²) < 4.78 is 0. The van der Waals surface area contributed by atoms with E-state index in [1.165, 1.54) is 0 Å². The molecule has 0 aliphatic carbocycles. The van der Waals surface area contributed by atoms with Gasteiger partial charge in [0.1, 0.15) is 0 Å². The first-order chi connectivity index (χ1) is 9.06. The summed E-state index contributed by atoms with van der Waals surface area (Å²) in [5.41, 5.74) is 8.17.